The van der Waals surface area contributed by atoms with Crippen LogP contribution in [0.5, 0.6) is 0 Å². The number of hydrogen-bond acceptors (Lipinski definition) is 7. The SMILES string of the molecule is CC(=O)Nc1nnc(S(=O)(=O)NCC#N)s1. The first kappa shape index (κ1) is 12.5. The van der Waals surface area contributed by atoms with E-state index >= 15 is 0 Å². The fraction of sp³-hybridized carbons (Fsp3) is 0.333. The number of nitrogens with one attached hydrogen (secondary N) is 2. The molecule has 0 saturated carbocycles. The number of hydrogen-bond donors (Lipinski definition) is 2. The van der Waals surface area contributed by atoms with Crippen LogP contribution in [0.15, 0.2) is 4.34 Å². The Morgan fingerprint density at radius 1 is 1.56 bits per heavy atom. The molecule has 1 aromatic rings. The Morgan fingerprint density at radius 3 is 2.81 bits per heavy atom. The average Bonchev–Trinajstić information content (AvgIpc) is 2.63. The second-order valence-electron chi connectivity index (χ2n) is 2.54. The van der Waals surface area contributed by atoms with Crippen molar-refractivity contribution in [1.82, 2.24) is 14.9 Å². The lowest BCUT2D eigenvalue weighted by atomic mass is 10.7. The molecule has 0 bridgehead atoms. The number of amides is 1. The van der Waals surface area contributed by atoms with Gasteiger partial charge in [-0.25, -0.2) is 8.42 Å². The fourth-order valence-corrected chi connectivity index (χ4v) is 2.61. The van der Waals surface area contributed by atoms with E-state index in [1.54, 1.807) is 6.07 Å². The van der Waals surface area contributed by atoms with E-state index in [4.69, 9.17) is 5.26 Å². The average molecular weight is 261 g/mol. The molecular formula is C6H7N5O3S2. The highest BCUT2D eigenvalue weighted by Gasteiger charge is 2.19. The van der Waals surface area contributed by atoms with Gasteiger partial charge in [-0.15, -0.1) is 10.2 Å². The number of carbonyl (C=O) groups excluding carboxylic acids is 1. The smallest absolute Gasteiger partial charge is 0.270 e. The Hall–Kier alpha value is -1.57. The monoisotopic (exact) mass is 261 g/mol. The predicted octanol–water partition coefficient (Wildman–Crippen LogP) is -0.702. The molecule has 0 fully saturated rings. The molecule has 0 aliphatic heterocycles. The van der Waals surface area contributed by atoms with E-state index in [0.29, 0.717) is 11.3 Å². The van der Waals surface area contributed by atoms with Crippen LogP contribution in [0.4, 0.5) is 5.13 Å². The van der Waals surface area contributed by atoms with Gasteiger partial charge >= 0.3 is 0 Å². The zero-order valence-electron chi connectivity index (χ0n) is 8.09. The lowest BCUT2D eigenvalue weighted by molar-refractivity contribution is -0.114. The second-order valence-corrected chi connectivity index (χ2v) is 5.46. The number of carbonyl (C=O) groups is 1. The Balaban J connectivity index is 2.85. The van der Waals surface area contributed by atoms with E-state index in [-0.39, 0.29) is 21.9 Å². The molecule has 0 aromatic carbocycles. The van der Waals surface area contributed by atoms with Crippen molar-refractivity contribution in [2.45, 2.75) is 11.3 Å². The molecule has 1 rings (SSSR count). The van der Waals surface area contributed by atoms with Crippen LogP contribution >= 0.6 is 11.3 Å². The van der Waals surface area contributed by atoms with Gasteiger partial charge in [0.15, 0.2) is 0 Å². The molecule has 0 radical (unpaired) electrons. The third-order valence-corrected chi connectivity index (χ3v) is 3.87. The van der Waals surface area contributed by atoms with Gasteiger partial charge in [0.2, 0.25) is 15.4 Å². The molecule has 2 N–H and O–H groups in total. The molecule has 8 nitrogen and oxygen atoms in total. The van der Waals surface area contributed by atoms with Crippen LogP contribution in [0.3, 0.4) is 0 Å². The Labute approximate surface area is 95.4 Å². The highest BCUT2D eigenvalue weighted by atomic mass is 32.2. The van der Waals surface area contributed by atoms with Gasteiger partial charge in [0.1, 0.15) is 0 Å². The maximum atomic E-state index is 11.4. The van der Waals surface area contributed by atoms with Crippen molar-refractivity contribution in [2.75, 3.05) is 11.9 Å². The third kappa shape index (κ3) is 3.23. The summed E-state index contributed by atoms with van der Waals surface area (Å²) in [5.41, 5.74) is 0. The van der Waals surface area contributed by atoms with Crippen molar-refractivity contribution in [2.24, 2.45) is 0 Å². The van der Waals surface area contributed by atoms with Crippen LogP contribution in [0.25, 0.3) is 0 Å². The van der Waals surface area contributed by atoms with Crippen molar-refractivity contribution < 1.29 is 13.2 Å². The number of nitriles is 1. The van der Waals surface area contributed by atoms with Crippen LogP contribution in [0.1, 0.15) is 6.92 Å². The van der Waals surface area contributed by atoms with Crippen molar-refractivity contribution in [3.8, 4) is 6.07 Å². The number of nitrogens with zero attached hydrogens (tertiary/aromatic N) is 3. The minimum Gasteiger partial charge on any atom is -0.301 e. The molecule has 1 heterocycles. The molecule has 10 heteroatoms. The van der Waals surface area contributed by atoms with Crippen LogP contribution in [0, 0.1) is 11.3 Å². The minimum atomic E-state index is -3.82. The van der Waals surface area contributed by atoms with Gasteiger partial charge in [0.05, 0.1) is 12.6 Å². The molecule has 16 heavy (non-hydrogen) atoms. The van der Waals surface area contributed by atoms with Crippen molar-refractivity contribution in [3.05, 3.63) is 0 Å². The molecule has 0 atom stereocenters. The van der Waals surface area contributed by atoms with Crippen LogP contribution in [-0.4, -0.2) is 31.1 Å². The zero-order chi connectivity index (χ0) is 12.2. The summed E-state index contributed by atoms with van der Waals surface area (Å²) in [5.74, 6) is -0.370. The van der Waals surface area contributed by atoms with Gasteiger partial charge in [0.25, 0.3) is 10.0 Å². The summed E-state index contributed by atoms with van der Waals surface area (Å²) >= 11 is 0.705. The van der Waals surface area contributed by atoms with Gasteiger partial charge in [0, 0.05) is 6.92 Å². The van der Waals surface area contributed by atoms with Gasteiger partial charge in [-0.05, 0) is 0 Å². The molecule has 1 aromatic heterocycles. The van der Waals surface area contributed by atoms with E-state index < -0.39 is 10.0 Å². The lowest BCUT2D eigenvalue weighted by Crippen LogP contribution is -2.23. The molecule has 0 aliphatic carbocycles. The number of sulfonamides is 1. The Morgan fingerprint density at radius 2 is 2.25 bits per heavy atom. The maximum absolute atomic E-state index is 11.4. The minimum absolute atomic E-state index is 0.0878. The van der Waals surface area contributed by atoms with Crippen LogP contribution in [-0.2, 0) is 14.8 Å². The van der Waals surface area contributed by atoms with Crippen molar-refractivity contribution in [1.29, 1.82) is 5.26 Å². The summed E-state index contributed by atoms with van der Waals surface area (Å²) in [5, 5.41) is 17.5. The molecule has 1 amide bonds. The summed E-state index contributed by atoms with van der Waals surface area (Å²) in [4.78, 5) is 10.7. The van der Waals surface area contributed by atoms with E-state index in [2.05, 4.69) is 15.5 Å². The molecule has 0 unspecified atom stereocenters. The Kier molecular flexibility index (Phi) is 3.88. The number of aromatic nitrogens is 2. The lowest BCUT2D eigenvalue weighted by Gasteiger charge is -1.96. The topological polar surface area (TPSA) is 125 Å². The predicted molar refractivity (Wildman–Crippen MR) is 55.0 cm³/mol. The fourth-order valence-electron chi connectivity index (χ4n) is 0.708. The largest absolute Gasteiger partial charge is 0.301 e. The van der Waals surface area contributed by atoms with Crippen molar-refractivity contribution >= 4 is 32.4 Å². The van der Waals surface area contributed by atoms with Gasteiger partial charge in [-0.2, -0.15) is 9.98 Å². The van der Waals surface area contributed by atoms with E-state index in [9.17, 15) is 13.2 Å². The number of anilines is 1. The Bertz CT molecular complexity index is 529. The molecule has 0 saturated heterocycles. The summed E-state index contributed by atoms with van der Waals surface area (Å²) in [7, 11) is -3.82. The summed E-state index contributed by atoms with van der Waals surface area (Å²) < 4.78 is 24.5. The molecule has 0 spiro atoms. The quantitative estimate of drug-likeness (QED) is 0.545. The van der Waals surface area contributed by atoms with E-state index in [1.807, 2.05) is 4.72 Å². The van der Waals surface area contributed by atoms with Gasteiger partial charge < -0.3 is 5.32 Å². The molecular weight excluding hydrogens is 254 g/mol. The summed E-state index contributed by atoms with van der Waals surface area (Å²) in [6, 6.07) is 1.63. The van der Waals surface area contributed by atoms with Gasteiger partial charge in [-0.1, -0.05) is 11.3 Å². The van der Waals surface area contributed by atoms with E-state index in [1.165, 1.54) is 6.92 Å². The summed E-state index contributed by atoms with van der Waals surface area (Å²) in [6.45, 7) is 0.918. The number of rotatable bonds is 4. The molecule has 0 aliphatic rings. The highest BCUT2D eigenvalue weighted by molar-refractivity contribution is 7.91. The standard InChI is InChI=1S/C6H7N5O3S2/c1-4(12)9-5-10-11-6(15-5)16(13,14)8-3-2-7/h8H,3H2,1H3,(H,9,10,12). The first-order chi connectivity index (χ1) is 7.45. The zero-order valence-corrected chi connectivity index (χ0v) is 9.72. The van der Waals surface area contributed by atoms with Crippen LogP contribution < -0.4 is 10.0 Å². The van der Waals surface area contributed by atoms with Crippen LogP contribution in [0.2, 0.25) is 0 Å². The normalized spacial score (nSPS) is 10.8. The summed E-state index contributed by atoms with van der Waals surface area (Å²) in [6.07, 6.45) is 0. The first-order valence-corrected chi connectivity index (χ1v) is 6.23. The van der Waals surface area contributed by atoms with E-state index in [0.717, 1.165) is 0 Å². The third-order valence-electron chi connectivity index (χ3n) is 1.26. The highest BCUT2D eigenvalue weighted by Crippen LogP contribution is 2.19. The van der Waals surface area contributed by atoms with Crippen molar-refractivity contribution in [3.63, 3.8) is 0 Å². The maximum Gasteiger partial charge on any atom is 0.270 e. The molecule has 86 valence electrons. The first-order valence-electron chi connectivity index (χ1n) is 3.93. The van der Waals surface area contributed by atoms with Gasteiger partial charge in [-0.3, -0.25) is 4.79 Å². The second kappa shape index (κ2) is 4.97.